The van der Waals surface area contributed by atoms with E-state index in [0.717, 1.165) is 37.3 Å². The van der Waals surface area contributed by atoms with Gasteiger partial charge in [0.1, 0.15) is 0 Å². The lowest BCUT2D eigenvalue weighted by molar-refractivity contribution is -0.140. The lowest BCUT2D eigenvalue weighted by atomic mass is 9.93. The van der Waals surface area contributed by atoms with Gasteiger partial charge in [0.25, 0.3) is 0 Å². The SMILES string of the molecule is COC(=O)CCCNCC1CC2C=CC1C2. The van der Waals surface area contributed by atoms with Crippen LogP contribution in [0.2, 0.25) is 0 Å². The van der Waals surface area contributed by atoms with Crippen LogP contribution < -0.4 is 5.32 Å². The molecule has 3 nitrogen and oxygen atoms in total. The summed E-state index contributed by atoms with van der Waals surface area (Å²) in [5.41, 5.74) is 0. The minimum absolute atomic E-state index is 0.107. The van der Waals surface area contributed by atoms with Gasteiger partial charge in [-0.1, -0.05) is 12.2 Å². The maximum atomic E-state index is 10.9. The summed E-state index contributed by atoms with van der Waals surface area (Å²) in [6.45, 7) is 2.03. The van der Waals surface area contributed by atoms with Crippen LogP contribution in [0.4, 0.5) is 0 Å². The number of esters is 1. The fourth-order valence-corrected chi connectivity index (χ4v) is 2.88. The molecule has 0 radical (unpaired) electrons. The summed E-state index contributed by atoms with van der Waals surface area (Å²) in [5, 5.41) is 3.45. The quantitative estimate of drug-likeness (QED) is 0.423. The molecule has 0 saturated heterocycles. The molecule has 2 aliphatic carbocycles. The molecule has 3 atom stereocenters. The van der Waals surface area contributed by atoms with E-state index in [9.17, 15) is 4.79 Å². The predicted octanol–water partition coefficient (Wildman–Crippen LogP) is 1.74. The largest absolute Gasteiger partial charge is 0.469 e. The van der Waals surface area contributed by atoms with Crippen LogP contribution in [0.3, 0.4) is 0 Å². The van der Waals surface area contributed by atoms with E-state index in [1.165, 1.54) is 20.0 Å². The summed E-state index contributed by atoms with van der Waals surface area (Å²) in [6.07, 6.45) is 8.89. The molecule has 3 heteroatoms. The van der Waals surface area contributed by atoms with Crippen molar-refractivity contribution in [2.75, 3.05) is 20.2 Å². The maximum Gasteiger partial charge on any atom is 0.305 e. The summed E-state index contributed by atoms with van der Waals surface area (Å²) in [5.74, 6) is 2.39. The summed E-state index contributed by atoms with van der Waals surface area (Å²) < 4.78 is 4.59. The number of fused-ring (bicyclic) bond motifs is 2. The van der Waals surface area contributed by atoms with Crippen molar-refractivity contribution in [2.45, 2.75) is 25.7 Å². The van der Waals surface area contributed by atoms with Gasteiger partial charge in [0.15, 0.2) is 0 Å². The van der Waals surface area contributed by atoms with Crippen molar-refractivity contribution in [3.63, 3.8) is 0 Å². The molecule has 2 bridgehead atoms. The first-order valence-corrected chi connectivity index (χ1v) is 6.25. The van der Waals surface area contributed by atoms with E-state index in [4.69, 9.17) is 0 Å². The maximum absolute atomic E-state index is 10.9. The molecule has 0 aliphatic heterocycles. The molecule has 0 aromatic rings. The highest BCUT2D eigenvalue weighted by atomic mass is 16.5. The lowest BCUT2D eigenvalue weighted by Gasteiger charge is -2.18. The Balaban J connectivity index is 1.52. The Morgan fingerprint density at radius 3 is 2.94 bits per heavy atom. The number of methoxy groups -OCH3 is 1. The van der Waals surface area contributed by atoms with E-state index >= 15 is 0 Å². The molecule has 1 fully saturated rings. The van der Waals surface area contributed by atoms with Crippen molar-refractivity contribution in [1.29, 1.82) is 0 Å². The average molecular weight is 223 g/mol. The van der Waals surface area contributed by atoms with Gasteiger partial charge in [-0.05, 0) is 50.1 Å². The Morgan fingerprint density at radius 2 is 2.31 bits per heavy atom. The van der Waals surface area contributed by atoms with E-state index in [1.54, 1.807) is 0 Å². The number of hydrogen-bond donors (Lipinski definition) is 1. The van der Waals surface area contributed by atoms with Crippen molar-refractivity contribution in [1.82, 2.24) is 5.32 Å². The minimum atomic E-state index is -0.107. The highest BCUT2D eigenvalue weighted by Crippen LogP contribution is 2.42. The summed E-state index contributed by atoms with van der Waals surface area (Å²) in [4.78, 5) is 10.9. The zero-order valence-corrected chi connectivity index (χ0v) is 9.95. The summed E-state index contributed by atoms with van der Waals surface area (Å²) in [7, 11) is 1.44. The van der Waals surface area contributed by atoms with Crippen molar-refractivity contribution in [3.05, 3.63) is 12.2 Å². The van der Waals surface area contributed by atoms with E-state index in [0.29, 0.717) is 6.42 Å². The van der Waals surface area contributed by atoms with E-state index in [2.05, 4.69) is 22.2 Å². The molecular formula is C13H21NO2. The average Bonchev–Trinajstić information content (AvgIpc) is 2.90. The molecule has 16 heavy (non-hydrogen) atoms. The van der Waals surface area contributed by atoms with Crippen LogP contribution in [0.15, 0.2) is 12.2 Å². The molecule has 0 aromatic carbocycles. The number of carbonyl (C=O) groups is 1. The third-order valence-corrected chi connectivity index (χ3v) is 3.79. The minimum Gasteiger partial charge on any atom is -0.469 e. The van der Waals surface area contributed by atoms with Gasteiger partial charge in [-0.2, -0.15) is 0 Å². The number of nitrogens with one attached hydrogen (secondary N) is 1. The number of allylic oxidation sites excluding steroid dienone is 2. The van der Waals surface area contributed by atoms with Gasteiger partial charge in [0.2, 0.25) is 0 Å². The molecule has 90 valence electrons. The van der Waals surface area contributed by atoms with Gasteiger partial charge in [-0.15, -0.1) is 0 Å². The number of hydrogen-bond acceptors (Lipinski definition) is 3. The van der Waals surface area contributed by atoms with Crippen LogP contribution in [0.1, 0.15) is 25.7 Å². The zero-order valence-electron chi connectivity index (χ0n) is 9.95. The summed E-state index contributed by atoms with van der Waals surface area (Å²) in [6, 6.07) is 0. The van der Waals surface area contributed by atoms with Crippen LogP contribution in [-0.2, 0) is 9.53 Å². The van der Waals surface area contributed by atoms with Gasteiger partial charge in [0.05, 0.1) is 7.11 Å². The third kappa shape index (κ3) is 2.85. The Hall–Kier alpha value is -0.830. The van der Waals surface area contributed by atoms with Crippen molar-refractivity contribution >= 4 is 5.97 Å². The van der Waals surface area contributed by atoms with Crippen molar-refractivity contribution in [3.8, 4) is 0 Å². The second-order valence-corrected chi connectivity index (χ2v) is 4.92. The van der Waals surface area contributed by atoms with Crippen molar-refractivity contribution < 1.29 is 9.53 Å². The lowest BCUT2D eigenvalue weighted by Crippen LogP contribution is -2.26. The van der Waals surface area contributed by atoms with Gasteiger partial charge in [0, 0.05) is 6.42 Å². The molecule has 2 rings (SSSR count). The zero-order chi connectivity index (χ0) is 11.4. The number of carbonyl (C=O) groups excluding carboxylic acids is 1. The second-order valence-electron chi connectivity index (χ2n) is 4.92. The van der Waals surface area contributed by atoms with E-state index in [1.807, 2.05) is 0 Å². The predicted molar refractivity (Wildman–Crippen MR) is 63.0 cm³/mol. The van der Waals surface area contributed by atoms with Crippen LogP contribution in [0.5, 0.6) is 0 Å². The third-order valence-electron chi connectivity index (χ3n) is 3.79. The molecule has 1 saturated carbocycles. The van der Waals surface area contributed by atoms with Gasteiger partial charge in [-0.25, -0.2) is 0 Å². The van der Waals surface area contributed by atoms with Gasteiger partial charge < -0.3 is 10.1 Å². The smallest absolute Gasteiger partial charge is 0.305 e. The Labute approximate surface area is 97.2 Å². The monoisotopic (exact) mass is 223 g/mol. The number of rotatable bonds is 6. The van der Waals surface area contributed by atoms with Crippen molar-refractivity contribution in [2.24, 2.45) is 17.8 Å². The molecule has 0 spiro atoms. The Kier molecular flexibility index (Phi) is 3.99. The standard InChI is InChI=1S/C13H21NO2/c1-16-13(15)3-2-6-14-9-12-8-10-4-5-11(12)7-10/h4-5,10-12,14H,2-3,6-9H2,1H3. The Morgan fingerprint density at radius 1 is 1.44 bits per heavy atom. The Bertz CT molecular complexity index is 275. The molecule has 0 aromatic heterocycles. The first-order valence-electron chi connectivity index (χ1n) is 6.25. The fraction of sp³-hybridized carbons (Fsp3) is 0.769. The number of ether oxygens (including phenoxy) is 1. The molecule has 0 amide bonds. The van der Waals surface area contributed by atoms with Crippen LogP contribution in [0.25, 0.3) is 0 Å². The van der Waals surface area contributed by atoms with E-state index in [-0.39, 0.29) is 5.97 Å². The second kappa shape index (κ2) is 5.48. The molecular weight excluding hydrogens is 202 g/mol. The normalized spacial score (nSPS) is 30.9. The highest BCUT2D eigenvalue weighted by molar-refractivity contribution is 5.69. The van der Waals surface area contributed by atoms with Gasteiger partial charge in [-0.3, -0.25) is 4.79 Å². The van der Waals surface area contributed by atoms with E-state index < -0.39 is 0 Å². The topological polar surface area (TPSA) is 38.3 Å². The van der Waals surface area contributed by atoms with Gasteiger partial charge >= 0.3 is 5.97 Å². The van der Waals surface area contributed by atoms with Crippen LogP contribution in [-0.4, -0.2) is 26.2 Å². The molecule has 1 N–H and O–H groups in total. The first-order chi connectivity index (χ1) is 7.79. The fourth-order valence-electron chi connectivity index (χ4n) is 2.88. The van der Waals surface area contributed by atoms with Crippen LogP contribution in [0, 0.1) is 17.8 Å². The first kappa shape index (κ1) is 11.6. The van der Waals surface area contributed by atoms with Crippen LogP contribution >= 0.6 is 0 Å². The highest BCUT2D eigenvalue weighted by Gasteiger charge is 2.34. The molecule has 0 heterocycles. The summed E-state index contributed by atoms with van der Waals surface area (Å²) >= 11 is 0. The molecule has 3 unspecified atom stereocenters. The molecule has 2 aliphatic rings.